The molecule has 0 saturated carbocycles. The van der Waals surface area contributed by atoms with E-state index in [4.69, 9.17) is 19.9 Å². The van der Waals surface area contributed by atoms with Crippen LogP contribution < -0.4 is 0 Å². The monoisotopic (exact) mass is 1910 g/mol. The van der Waals surface area contributed by atoms with Crippen LogP contribution in [0.5, 0.6) is 0 Å². The summed E-state index contributed by atoms with van der Waals surface area (Å²) >= 11 is 0. The fraction of sp³-hybridized carbons (Fsp3) is 0. The van der Waals surface area contributed by atoms with Gasteiger partial charge in [0, 0.05) is 133 Å². The molecule has 12 nitrogen and oxygen atoms in total. The molecular weight excluding hydrogens is 1830 g/mol. The standard InChI is InChI=1S/C54H34N4.C48H30N4.C36H22N4/c1-4-16-36(17-5-1)51-52(37-18-6-2-7-19-37)56-47-34-39(27-31-46(47)55-51)38-20-14-23-41(33-38)58-48-26-13-12-25-43(48)44-29-30-45-50-42-24-11-10-15-35(42)28-32-49(50)57(54(45)53(44)58)40-21-8-3-9-22-40;1-4-15-32(16-5-1)45-46(33-17-6-2-7-18-33)50-41-30-35(25-28-40(41)49-45)52-42-23-13-12-22-37(42)38-26-27-39-44-36-21-11-10-14-31(36)24-29-43(44)51(48(39)47(38)52)34-19-8-3-9-20-34;1-2-9-24(10-3-1)39-32-13-7-6-12-27(32)28-16-17-29-34-26-11-5-4-8-23(26)14-19-33(34)40(36(29)35(28)39)25-15-18-30-31(22-25)38-21-20-37-30/h1-34H;1-30H;1-22H. The Morgan fingerprint density at radius 3 is 0.787 bits per heavy atom. The van der Waals surface area contributed by atoms with Crippen molar-refractivity contribution in [1.82, 2.24) is 57.3 Å². The lowest BCUT2D eigenvalue weighted by molar-refractivity contribution is 1.15. The Morgan fingerprint density at radius 1 is 0.133 bits per heavy atom. The Bertz CT molecular complexity index is 11100. The van der Waals surface area contributed by atoms with Crippen LogP contribution in [0.4, 0.5) is 0 Å². The molecule has 32 aromatic rings. The summed E-state index contributed by atoms with van der Waals surface area (Å²) in [5.41, 5.74) is 35.9. The lowest BCUT2D eigenvalue weighted by Gasteiger charge is -2.14. The summed E-state index contributed by atoms with van der Waals surface area (Å²) in [5.74, 6) is 0. The van der Waals surface area contributed by atoms with Gasteiger partial charge in [0.1, 0.15) is 0 Å². The van der Waals surface area contributed by atoms with Crippen LogP contribution in [0.3, 0.4) is 0 Å². The lowest BCUT2D eigenvalue weighted by Crippen LogP contribution is -2.00. The summed E-state index contributed by atoms with van der Waals surface area (Å²) in [6.45, 7) is 0. The van der Waals surface area contributed by atoms with E-state index >= 15 is 0 Å². The minimum atomic E-state index is 0.851. The molecule has 23 aromatic carbocycles. The molecule has 698 valence electrons. The summed E-state index contributed by atoms with van der Waals surface area (Å²) in [6, 6.07) is 182. The molecule has 150 heavy (non-hydrogen) atoms. The highest BCUT2D eigenvalue weighted by Gasteiger charge is 2.29. The van der Waals surface area contributed by atoms with Gasteiger partial charge in [0.25, 0.3) is 0 Å². The molecular formula is C138H86N12. The molecule has 32 rings (SSSR count). The van der Waals surface area contributed by atoms with Gasteiger partial charge in [-0.2, -0.15) is 0 Å². The molecule has 0 atom stereocenters. The van der Waals surface area contributed by atoms with Gasteiger partial charge in [-0.1, -0.05) is 376 Å². The molecule has 0 aliphatic rings. The number of rotatable bonds is 11. The van der Waals surface area contributed by atoms with Gasteiger partial charge < -0.3 is 27.4 Å². The fourth-order valence-electron chi connectivity index (χ4n) is 23.8. The number of aromatic nitrogens is 12. The molecule has 0 fully saturated rings. The van der Waals surface area contributed by atoms with Crippen LogP contribution in [0, 0.1) is 0 Å². The Morgan fingerprint density at radius 2 is 0.393 bits per heavy atom. The highest BCUT2D eigenvalue weighted by molar-refractivity contribution is 6.32. The zero-order valence-electron chi connectivity index (χ0n) is 81.0. The van der Waals surface area contributed by atoms with E-state index in [2.05, 4.69) is 523 Å². The molecule has 0 bridgehead atoms. The first-order chi connectivity index (χ1) is 74.5. The SMILES string of the molecule is c1ccc(-c2nc3ccc(-c4cccc(-n5c6ccccc6c6ccc7c8c9ccccc9ccc8n(-c8ccccc8)c7c65)c4)cc3nc2-c2ccccc2)cc1.c1ccc(-c2nc3ccc(-n4c5ccccc5c5ccc6c7c8ccccc8ccc7n(-c7ccccc7)c6c54)cc3nc2-c2ccccc2)cc1.c1ccc(-n2c3ccccc3c3ccc4c5c6ccccc6ccc5n(-c5ccc6nccnc6c5)c4c32)cc1. The predicted molar refractivity (Wildman–Crippen MR) is 624 cm³/mol. The Hall–Kier alpha value is -20.3. The van der Waals surface area contributed by atoms with E-state index in [-0.39, 0.29) is 0 Å². The van der Waals surface area contributed by atoms with Crippen molar-refractivity contribution < 1.29 is 0 Å². The van der Waals surface area contributed by atoms with E-state index in [1.54, 1.807) is 12.4 Å². The third kappa shape index (κ3) is 13.6. The predicted octanol–water partition coefficient (Wildman–Crippen LogP) is 35.3. The maximum atomic E-state index is 5.37. The van der Waals surface area contributed by atoms with Crippen molar-refractivity contribution in [3.63, 3.8) is 0 Å². The maximum absolute atomic E-state index is 5.37. The van der Waals surface area contributed by atoms with Gasteiger partial charge in [0.2, 0.25) is 0 Å². The molecule has 0 N–H and O–H groups in total. The summed E-state index contributed by atoms with van der Waals surface area (Å²) < 4.78 is 14.7. The zero-order valence-corrected chi connectivity index (χ0v) is 81.0. The van der Waals surface area contributed by atoms with Crippen molar-refractivity contribution in [2.45, 2.75) is 0 Å². The number of hydrogen-bond donors (Lipinski definition) is 0. The van der Waals surface area contributed by atoms with Crippen molar-refractivity contribution in [2.75, 3.05) is 0 Å². The fourth-order valence-corrected chi connectivity index (χ4v) is 23.8. The van der Waals surface area contributed by atoms with Crippen LogP contribution in [0.2, 0.25) is 0 Å². The largest absolute Gasteiger partial charge is 0.307 e. The van der Waals surface area contributed by atoms with E-state index in [0.717, 1.165) is 129 Å². The van der Waals surface area contributed by atoms with E-state index in [0.29, 0.717) is 0 Å². The van der Waals surface area contributed by atoms with Crippen LogP contribution in [-0.4, -0.2) is 57.3 Å². The minimum Gasteiger partial charge on any atom is -0.307 e. The molecule has 0 unspecified atom stereocenters. The van der Waals surface area contributed by atoms with Crippen molar-refractivity contribution in [2.24, 2.45) is 0 Å². The Kier molecular flexibility index (Phi) is 19.7. The highest BCUT2D eigenvalue weighted by Crippen LogP contribution is 2.50. The number of para-hydroxylation sites is 6. The quantitative estimate of drug-likeness (QED) is 0.128. The molecule has 9 heterocycles. The molecule has 0 radical (unpaired) electrons. The van der Waals surface area contributed by atoms with E-state index in [1.807, 2.05) is 24.3 Å². The summed E-state index contributed by atoms with van der Waals surface area (Å²) in [6.07, 6.45) is 3.51. The highest BCUT2D eigenvalue weighted by atomic mass is 15.1. The van der Waals surface area contributed by atoms with Crippen LogP contribution in [-0.2, 0) is 0 Å². The minimum absolute atomic E-state index is 0.851. The van der Waals surface area contributed by atoms with Crippen molar-refractivity contribution in [3.05, 3.63) is 522 Å². The van der Waals surface area contributed by atoms with Crippen LogP contribution in [0.25, 0.3) is 287 Å². The molecule has 0 aliphatic carbocycles. The second kappa shape index (κ2) is 34.7. The van der Waals surface area contributed by atoms with Gasteiger partial charge >= 0.3 is 0 Å². The molecule has 0 amide bonds. The van der Waals surface area contributed by atoms with Gasteiger partial charge in [-0.05, 0) is 177 Å². The smallest absolute Gasteiger partial charge is 0.0973 e. The molecule has 9 aromatic heterocycles. The normalized spacial score (nSPS) is 11.9. The number of nitrogens with zero attached hydrogens (tertiary/aromatic N) is 12. The van der Waals surface area contributed by atoms with Crippen LogP contribution in [0.1, 0.15) is 0 Å². The van der Waals surface area contributed by atoms with Crippen LogP contribution >= 0.6 is 0 Å². The van der Waals surface area contributed by atoms with Gasteiger partial charge in [-0.3, -0.25) is 9.97 Å². The first kappa shape index (κ1) is 85.3. The van der Waals surface area contributed by atoms with Gasteiger partial charge in [0.15, 0.2) is 0 Å². The van der Waals surface area contributed by atoms with E-state index in [1.165, 1.54) is 158 Å². The zero-order chi connectivity index (χ0) is 98.5. The third-order valence-corrected chi connectivity index (χ3v) is 30.3. The number of fused-ring (bicyclic) bond motifs is 30. The van der Waals surface area contributed by atoms with Crippen LogP contribution in [0.15, 0.2) is 522 Å². The second-order valence-corrected chi connectivity index (χ2v) is 38.6. The molecule has 0 aliphatic heterocycles. The van der Waals surface area contributed by atoms with E-state index in [9.17, 15) is 0 Å². The van der Waals surface area contributed by atoms with Gasteiger partial charge in [0.05, 0.1) is 122 Å². The summed E-state index contributed by atoms with van der Waals surface area (Å²) in [5, 5.41) is 22.3. The summed E-state index contributed by atoms with van der Waals surface area (Å²) in [7, 11) is 0. The number of hydrogen-bond acceptors (Lipinski definition) is 6. The Labute approximate surface area is 859 Å². The average Bonchev–Trinajstić information content (AvgIpc) is 1.54. The first-order valence-electron chi connectivity index (χ1n) is 50.9. The van der Waals surface area contributed by atoms with Crippen molar-refractivity contribution in [3.8, 4) is 90.3 Å². The first-order valence-corrected chi connectivity index (χ1v) is 50.9. The average molecular weight is 1910 g/mol. The topological polar surface area (TPSA) is 107 Å². The molecule has 12 heteroatoms. The molecule has 0 saturated heterocycles. The Balaban J connectivity index is 0.000000105. The van der Waals surface area contributed by atoms with Crippen molar-refractivity contribution in [1.29, 1.82) is 0 Å². The van der Waals surface area contributed by atoms with Gasteiger partial charge in [-0.25, -0.2) is 19.9 Å². The van der Waals surface area contributed by atoms with E-state index < -0.39 is 0 Å². The number of benzene rings is 23. The lowest BCUT2D eigenvalue weighted by atomic mass is 10.0. The maximum Gasteiger partial charge on any atom is 0.0973 e. The second-order valence-electron chi connectivity index (χ2n) is 38.6. The van der Waals surface area contributed by atoms with Gasteiger partial charge in [-0.15, -0.1) is 0 Å². The molecule has 0 spiro atoms. The van der Waals surface area contributed by atoms with Crippen molar-refractivity contribution >= 4 is 196 Å². The summed E-state index contributed by atoms with van der Waals surface area (Å²) in [4.78, 5) is 30.3. The third-order valence-electron chi connectivity index (χ3n) is 30.3.